The van der Waals surface area contributed by atoms with Gasteiger partial charge in [-0.05, 0) is 12.1 Å². The maximum atomic E-state index is 11.2. The third kappa shape index (κ3) is 2.19. The Bertz CT molecular complexity index is 354. The van der Waals surface area contributed by atoms with Crippen molar-refractivity contribution in [1.29, 1.82) is 0 Å². The molecule has 1 aromatic heterocycles. The molecule has 1 fully saturated rings. The molecule has 1 atom stereocenters. The molecular formula is C10H10BrNO2. The van der Waals surface area contributed by atoms with E-state index < -0.39 is 0 Å². The smallest absolute Gasteiger partial charge is 0.138 e. The van der Waals surface area contributed by atoms with Crippen LogP contribution in [-0.4, -0.2) is 17.4 Å². The molecule has 1 unspecified atom stereocenters. The van der Waals surface area contributed by atoms with Gasteiger partial charge >= 0.3 is 0 Å². The monoisotopic (exact) mass is 255 g/mol. The molecule has 1 aliphatic heterocycles. The van der Waals surface area contributed by atoms with Crippen molar-refractivity contribution in [2.75, 3.05) is 6.61 Å². The second-order valence-electron chi connectivity index (χ2n) is 3.25. The summed E-state index contributed by atoms with van der Waals surface area (Å²) in [6.07, 6.45) is 2.53. The van der Waals surface area contributed by atoms with Gasteiger partial charge in [-0.15, -0.1) is 0 Å². The highest BCUT2D eigenvalue weighted by Crippen LogP contribution is 2.25. The zero-order valence-electron chi connectivity index (χ0n) is 7.57. The van der Waals surface area contributed by atoms with E-state index in [1.54, 1.807) is 6.20 Å². The Kier molecular flexibility index (Phi) is 2.93. The van der Waals surface area contributed by atoms with Crippen LogP contribution < -0.4 is 0 Å². The van der Waals surface area contributed by atoms with Crippen LogP contribution in [0.25, 0.3) is 0 Å². The molecule has 0 amide bonds. The van der Waals surface area contributed by atoms with Crippen molar-refractivity contribution in [3.05, 3.63) is 28.5 Å². The average Bonchev–Trinajstić information content (AvgIpc) is 2.18. The molecule has 2 heterocycles. The van der Waals surface area contributed by atoms with Crippen molar-refractivity contribution in [1.82, 2.24) is 4.98 Å². The zero-order chi connectivity index (χ0) is 9.97. The largest absolute Gasteiger partial charge is 0.371 e. The van der Waals surface area contributed by atoms with Gasteiger partial charge in [0.2, 0.25) is 0 Å². The Balaban J connectivity index is 2.17. The Morgan fingerprint density at radius 2 is 2.43 bits per heavy atom. The average molecular weight is 256 g/mol. The summed E-state index contributed by atoms with van der Waals surface area (Å²) in [4.78, 5) is 15.4. The molecule has 1 saturated heterocycles. The highest BCUT2D eigenvalue weighted by Gasteiger charge is 2.22. The van der Waals surface area contributed by atoms with E-state index in [9.17, 15) is 4.79 Å². The van der Waals surface area contributed by atoms with E-state index in [0.29, 0.717) is 19.4 Å². The maximum absolute atomic E-state index is 11.2. The Morgan fingerprint density at radius 1 is 1.57 bits per heavy atom. The third-order valence-corrected chi connectivity index (χ3v) is 2.68. The first-order valence-electron chi connectivity index (χ1n) is 4.50. The van der Waals surface area contributed by atoms with Crippen LogP contribution in [-0.2, 0) is 9.53 Å². The lowest BCUT2D eigenvalue weighted by molar-refractivity contribution is -0.128. The zero-order valence-corrected chi connectivity index (χ0v) is 9.16. The van der Waals surface area contributed by atoms with Crippen LogP contribution in [0.1, 0.15) is 24.6 Å². The molecule has 0 saturated carbocycles. The normalized spacial score (nSPS) is 22.4. The van der Waals surface area contributed by atoms with Crippen molar-refractivity contribution in [3.63, 3.8) is 0 Å². The number of hydrogen-bond donors (Lipinski definition) is 0. The highest BCUT2D eigenvalue weighted by atomic mass is 79.9. The minimum absolute atomic E-state index is 0.159. The van der Waals surface area contributed by atoms with E-state index >= 15 is 0 Å². The molecule has 0 radical (unpaired) electrons. The quantitative estimate of drug-likeness (QED) is 0.773. The number of halogens is 1. The Labute approximate surface area is 90.6 Å². The molecule has 4 heteroatoms. The van der Waals surface area contributed by atoms with Crippen molar-refractivity contribution in [2.45, 2.75) is 18.9 Å². The lowest BCUT2D eigenvalue weighted by atomic mass is 10.0. The summed E-state index contributed by atoms with van der Waals surface area (Å²) in [5.41, 5.74) is 0.826. The first-order chi connectivity index (χ1) is 6.75. The van der Waals surface area contributed by atoms with Crippen LogP contribution in [0.2, 0.25) is 0 Å². The number of Topliss-reactive ketones (excluding diaryl/α,β-unsaturated/α-hetero) is 1. The SMILES string of the molecule is O=C1CCOC(c2cc(Br)ccn2)C1. The summed E-state index contributed by atoms with van der Waals surface area (Å²) < 4.78 is 6.45. The molecule has 3 nitrogen and oxygen atoms in total. The number of pyridine rings is 1. The van der Waals surface area contributed by atoms with Crippen molar-refractivity contribution in [2.24, 2.45) is 0 Å². The lowest BCUT2D eigenvalue weighted by Crippen LogP contribution is -2.20. The predicted molar refractivity (Wildman–Crippen MR) is 54.9 cm³/mol. The fourth-order valence-corrected chi connectivity index (χ4v) is 1.82. The van der Waals surface area contributed by atoms with Gasteiger partial charge in [0, 0.05) is 23.5 Å². The molecule has 0 bridgehead atoms. The van der Waals surface area contributed by atoms with Gasteiger partial charge in [-0.3, -0.25) is 9.78 Å². The minimum Gasteiger partial charge on any atom is -0.371 e. The summed E-state index contributed by atoms with van der Waals surface area (Å²) in [6, 6.07) is 3.75. The van der Waals surface area contributed by atoms with Crippen molar-refractivity contribution < 1.29 is 9.53 Å². The summed E-state index contributed by atoms with van der Waals surface area (Å²) in [5, 5.41) is 0. The molecule has 0 N–H and O–H groups in total. The van der Waals surface area contributed by atoms with E-state index in [1.165, 1.54) is 0 Å². The maximum Gasteiger partial charge on any atom is 0.138 e. The molecule has 1 aromatic rings. The van der Waals surface area contributed by atoms with Gasteiger partial charge in [0.1, 0.15) is 11.9 Å². The van der Waals surface area contributed by atoms with E-state index in [4.69, 9.17) is 4.74 Å². The number of nitrogens with zero attached hydrogens (tertiary/aromatic N) is 1. The van der Waals surface area contributed by atoms with Gasteiger partial charge < -0.3 is 4.74 Å². The van der Waals surface area contributed by atoms with Crippen LogP contribution in [0.3, 0.4) is 0 Å². The Morgan fingerprint density at radius 3 is 3.14 bits per heavy atom. The summed E-state index contributed by atoms with van der Waals surface area (Å²) in [7, 11) is 0. The van der Waals surface area contributed by atoms with Crippen molar-refractivity contribution in [3.8, 4) is 0 Å². The lowest BCUT2D eigenvalue weighted by Gasteiger charge is -2.21. The fraction of sp³-hybridized carbons (Fsp3) is 0.400. The van der Waals surface area contributed by atoms with E-state index in [1.807, 2.05) is 12.1 Å². The number of aromatic nitrogens is 1. The summed E-state index contributed by atoms with van der Waals surface area (Å²) in [6.45, 7) is 0.512. The number of carbonyl (C=O) groups excluding carboxylic acids is 1. The van der Waals surface area contributed by atoms with E-state index in [-0.39, 0.29) is 11.9 Å². The van der Waals surface area contributed by atoms with Gasteiger partial charge in [0.15, 0.2) is 0 Å². The van der Waals surface area contributed by atoms with Gasteiger partial charge in [0.05, 0.1) is 12.3 Å². The molecule has 0 aliphatic carbocycles. The molecule has 0 aromatic carbocycles. The second-order valence-corrected chi connectivity index (χ2v) is 4.17. The van der Waals surface area contributed by atoms with Crippen LogP contribution in [0.15, 0.2) is 22.8 Å². The van der Waals surface area contributed by atoms with Gasteiger partial charge in [0.25, 0.3) is 0 Å². The Hall–Kier alpha value is -0.740. The van der Waals surface area contributed by atoms with Crippen LogP contribution >= 0.6 is 15.9 Å². The van der Waals surface area contributed by atoms with Gasteiger partial charge in [-0.1, -0.05) is 15.9 Å². The number of ether oxygens (including phenoxy) is 1. The fourth-order valence-electron chi connectivity index (χ4n) is 1.47. The first kappa shape index (κ1) is 9.80. The summed E-state index contributed by atoms with van der Waals surface area (Å²) in [5.74, 6) is 0.253. The minimum atomic E-state index is -0.159. The van der Waals surface area contributed by atoms with E-state index in [2.05, 4.69) is 20.9 Å². The van der Waals surface area contributed by atoms with Crippen LogP contribution in [0.4, 0.5) is 0 Å². The van der Waals surface area contributed by atoms with Gasteiger partial charge in [-0.25, -0.2) is 0 Å². The van der Waals surface area contributed by atoms with Gasteiger partial charge in [-0.2, -0.15) is 0 Å². The number of rotatable bonds is 1. The predicted octanol–water partition coefficient (Wildman–Crippen LogP) is 2.26. The number of carbonyl (C=O) groups is 1. The first-order valence-corrected chi connectivity index (χ1v) is 5.30. The molecular weight excluding hydrogens is 246 g/mol. The van der Waals surface area contributed by atoms with Crippen molar-refractivity contribution >= 4 is 21.7 Å². The summed E-state index contributed by atoms with van der Waals surface area (Å²) >= 11 is 3.36. The van der Waals surface area contributed by atoms with E-state index in [0.717, 1.165) is 10.2 Å². The third-order valence-electron chi connectivity index (χ3n) is 2.19. The molecule has 74 valence electrons. The molecule has 14 heavy (non-hydrogen) atoms. The number of hydrogen-bond acceptors (Lipinski definition) is 3. The van der Waals surface area contributed by atoms with Crippen LogP contribution in [0.5, 0.6) is 0 Å². The topological polar surface area (TPSA) is 39.2 Å². The second kappa shape index (κ2) is 4.19. The molecule has 1 aliphatic rings. The molecule has 0 spiro atoms. The number of ketones is 1. The highest BCUT2D eigenvalue weighted by molar-refractivity contribution is 9.10. The standard InChI is InChI=1S/C10H10BrNO2/c11-7-1-3-12-9(5-7)10-6-8(13)2-4-14-10/h1,3,5,10H,2,4,6H2. The van der Waals surface area contributed by atoms with Crippen LogP contribution in [0, 0.1) is 0 Å². The molecule has 2 rings (SSSR count).